The van der Waals surface area contributed by atoms with Gasteiger partial charge in [0.1, 0.15) is 5.01 Å². The Morgan fingerprint density at radius 2 is 2.00 bits per heavy atom. The Hall–Kier alpha value is -2.09. The van der Waals surface area contributed by atoms with Crippen LogP contribution in [0.1, 0.15) is 28.4 Å². The molecule has 0 spiro atoms. The van der Waals surface area contributed by atoms with Crippen LogP contribution >= 0.6 is 11.3 Å². The van der Waals surface area contributed by atoms with Crippen LogP contribution in [-0.4, -0.2) is 30.8 Å². The number of nitrogens with zero attached hydrogens (tertiary/aromatic N) is 4. The summed E-state index contributed by atoms with van der Waals surface area (Å²) in [4.78, 5) is 26.7. The minimum Gasteiger partial charge on any atom is -0.481 e. The van der Waals surface area contributed by atoms with Gasteiger partial charge < -0.3 is 5.11 Å². The molecule has 0 atom stereocenters. The smallest absolute Gasteiger partial charge is 0.354 e. The molecule has 2 aromatic heterocycles. The fourth-order valence-electron chi connectivity index (χ4n) is 2.00. The van der Waals surface area contributed by atoms with Gasteiger partial charge >= 0.3 is 11.7 Å². The minimum atomic E-state index is -0.881. The molecule has 7 nitrogen and oxygen atoms in total. The van der Waals surface area contributed by atoms with Crippen LogP contribution in [0.4, 0.5) is 0 Å². The fraction of sp³-hybridized carbons (Fsp3) is 0.417. The number of hydrogen-bond donors (Lipinski definition) is 1. The molecule has 0 aliphatic heterocycles. The number of aliphatic carboxylic acids is 1. The number of carboxylic acids is 1. The maximum Gasteiger partial charge on any atom is 0.354 e. The van der Waals surface area contributed by atoms with E-state index in [1.54, 1.807) is 20.8 Å². The highest BCUT2D eigenvalue weighted by atomic mass is 32.1. The Balaban J connectivity index is 2.55. The first kappa shape index (κ1) is 14.3. The summed E-state index contributed by atoms with van der Waals surface area (Å²) in [5.74, 6) is -0.881. The predicted molar refractivity (Wildman–Crippen MR) is 73.5 cm³/mol. The van der Waals surface area contributed by atoms with E-state index in [4.69, 9.17) is 5.11 Å². The van der Waals surface area contributed by atoms with Crippen LogP contribution in [0.2, 0.25) is 0 Å². The molecule has 0 bridgehead atoms. The highest BCUT2D eigenvalue weighted by molar-refractivity contribution is 7.13. The molecule has 0 amide bonds. The number of carbonyl (C=O) groups is 1. The van der Waals surface area contributed by atoms with Crippen LogP contribution in [0.25, 0.3) is 5.13 Å². The summed E-state index contributed by atoms with van der Waals surface area (Å²) >= 11 is 1.29. The molecule has 8 heteroatoms. The highest BCUT2D eigenvalue weighted by Crippen LogP contribution is 2.18. The number of rotatable bonds is 4. The summed E-state index contributed by atoms with van der Waals surface area (Å²) in [6.07, 6.45) is 0.328. The second kappa shape index (κ2) is 5.49. The molecule has 0 aliphatic rings. The third kappa shape index (κ3) is 2.74. The van der Waals surface area contributed by atoms with Crippen molar-refractivity contribution in [3.63, 3.8) is 0 Å². The first-order chi connectivity index (χ1) is 9.40. The van der Waals surface area contributed by atoms with Crippen molar-refractivity contribution >= 4 is 17.3 Å². The van der Waals surface area contributed by atoms with Crippen molar-refractivity contribution in [1.82, 2.24) is 19.7 Å². The van der Waals surface area contributed by atoms with E-state index in [0.717, 1.165) is 10.6 Å². The van der Waals surface area contributed by atoms with Crippen molar-refractivity contribution in [2.75, 3.05) is 0 Å². The summed E-state index contributed by atoms with van der Waals surface area (Å²) in [6.45, 7) is 5.28. The lowest BCUT2D eigenvalue weighted by Crippen LogP contribution is -2.26. The standard InChI is InChI=1S/C12H14N4O3S/c1-6-9(4-5-10(17)18)7(2)16(11(19)13-6)12-15-14-8(3)20-12/h4-5H2,1-3H3,(H,17,18). The average molecular weight is 294 g/mol. The van der Waals surface area contributed by atoms with Gasteiger partial charge in [0.05, 0.1) is 0 Å². The van der Waals surface area contributed by atoms with Crippen LogP contribution in [-0.2, 0) is 11.2 Å². The normalized spacial score (nSPS) is 10.8. The van der Waals surface area contributed by atoms with Crippen molar-refractivity contribution in [3.8, 4) is 5.13 Å². The molecule has 0 radical (unpaired) electrons. The Morgan fingerprint density at radius 3 is 2.55 bits per heavy atom. The van der Waals surface area contributed by atoms with E-state index in [1.165, 1.54) is 15.9 Å². The molecule has 1 N–H and O–H groups in total. The second-order valence-electron chi connectivity index (χ2n) is 4.38. The summed E-state index contributed by atoms with van der Waals surface area (Å²) in [7, 11) is 0. The topological polar surface area (TPSA) is 98.0 Å². The maximum absolute atomic E-state index is 12.0. The Bertz CT molecular complexity index is 720. The van der Waals surface area contributed by atoms with Crippen molar-refractivity contribution in [2.45, 2.75) is 33.6 Å². The van der Waals surface area contributed by atoms with Crippen LogP contribution in [0.15, 0.2) is 4.79 Å². The van der Waals surface area contributed by atoms with Gasteiger partial charge in [0.15, 0.2) is 0 Å². The number of hydrogen-bond acceptors (Lipinski definition) is 6. The van der Waals surface area contributed by atoms with E-state index in [0.29, 0.717) is 22.9 Å². The van der Waals surface area contributed by atoms with Crippen molar-refractivity contribution < 1.29 is 9.90 Å². The van der Waals surface area contributed by atoms with E-state index < -0.39 is 11.7 Å². The molecule has 2 aromatic rings. The van der Waals surface area contributed by atoms with Gasteiger partial charge in [0, 0.05) is 17.8 Å². The van der Waals surface area contributed by atoms with E-state index in [9.17, 15) is 9.59 Å². The SMILES string of the molecule is Cc1nnc(-n2c(C)c(CCC(=O)O)c(C)nc2=O)s1. The van der Waals surface area contributed by atoms with Gasteiger partial charge in [-0.1, -0.05) is 11.3 Å². The van der Waals surface area contributed by atoms with Gasteiger partial charge in [-0.3, -0.25) is 4.79 Å². The lowest BCUT2D eigenvalue weighted by Gasteiger charge is -2.12. The third-order valence-electron chi connectivity index (χ3n) is 2.96. The van der Waals surface area contributed by atoms with E-state index in [2.05, 4.69) is 15.2 Å². The predicted octanol–water partition coefficient (Wildman–Crippen LogP) is 1.03. The van der Waals surface area contributed by atoms with E-state index in [-0.39, 0.29) is 6.42 Å². The molecule has 0 fully saturated rings. The van der Waals surface area contributed by atoms with Crippen LogP contribution in [0.3, 0.4) is 0 Å². The van der Waals surface area contributed by atoms with Crippen LogP contribution in [0.5, 0.6) is 0 Å². The number of carboxylic acid groups (broad SMARTS) is 1. The van der Waals surface area contributed by atoms with Gasteiger partial charge in [-0.05, 0) is 32.8 Å². The summed E-state index contributed by atoms with van der Waals surface area (Å²) in [5.41, 5.74) is 1.57. The molecule has 0 aromatic carbocycles. The van der Waals surface area contributed by atoms with Crippen LogP contribution < -0.4 is 5.69 Å². The quantitative estimate of drug-likeness (QED) is 0.904. The Kier molecular flexibility index (Phi) is 3.93. The number of aromatic nitrogens is 4. The Morgan fingerprint density at radius 1 is 1.30 bits per heavy atom. The molecule has 2 rings (SSSR count). The van der Waals surface area contributed by atoms with E-state index in [1.807, 2.05) is 0 Å². The van der Waals surface area contributed by atoms with E-state index >= 15 is 0 Å². The van der Waals surface area contributed by atoms with Crippen molar-refractivity contribution in [2.24, 2.45) is 0 Å². The molecule has 0 saturated carbocycles. The molecular weight excluding hydrogens is 280 g/mol. The summed E-state index contributed by atoms with van der Waals surface area (Å²) in [6, 6.07) is 0. The lowest BCUT2D eigenvalue weighted by molar-refractivity contribution is -0.136. The van der Waals surface area contributed by atoms with Crippen molar-refractivity contribution in [3.05, 3.63) is 32.4 Å². The van der Waals surface area contributed by atoms with Gasteiger partial charge in [-0.2, -0.15) is 4.98 Å². The minimum absolute atomic E-state index is 0.00326. The summed E-state index contributed by atoms with van der Waals surface area (Å²) < 4.78 is 1.38. The van der Waals surface area contributed by atoms with Gasteiger partial charge in [-0.15, -0.1) is 10.2 Å². The molecule has 0 unspecified atom stereocenters. The third-order valence-corrected chi connectivity index (χ3v) is 3.78. The lowest BCUT2D eigenvalue weighted by atomic mass is 10.1. The van der Waals surface area contributed by atoms with Crippen molar-refractivity contribution in [1.29, 1.82) is 0 Å². The maximum atomic E-state index is 12.0. The molecule has 2 heterocycles. The fourth-order valence-corrected chi connectivity index (χ4v) is 2.73. The van der Waals surface area contributed by atoms with Crippen LogP contribution in [0, 0.1) is 20.8 Å². The Labute approximate surface area is 118 Å². The molecule has 106 valence electrons. The largest absolute Gasteiger partial charge is 0.481 e. The second-order valence-corrected chi connectivity index (χ2v) is 5.54. The zero-order chi connectivity index (χ0) is 14.9. The molecular formula is C12H14N4O3S. The summed E-state index contributed by atoms with van der Waals surface area (Å²) in [5, 5.41) is 17.8. The molecule has 0 aliphatic carbocycles. The van der Waals surface area contributed by atoms with Gasteiger partial charge in [-0.25, -0.2) is 9.36 Å². The van der Waals surface area contributed by atoms with Gasteiger partial charge in [0.25, 0.3) is 0 Å². The molecule has 0 saturated heterocycles. The zero-order valence-electron chi connectivity index (χ0n) is 11.4. The molecule has 20 heavy (non-hydrogen) atoms. The zero-order valence-corrected chi connectivity index (χ0v) is 12.2. The number of aryl methyl sites for hydroxylation is 2. The van der Waals surface area contributed by atoms with Gasteiger partial charge in [0.2, 0.25) is 5.13 Å². The highest BCUT2D eigenvalue weighted by Gasteiger charge is 2.16. The average Bonchev–Trinajstić information content (AvgIpc) is 2.74. The first-order valence-electron chi connectivity index (χ1n) is 6.01. The monoisotopic (exact) mass is 294 g/mol. The first-order valence-corrected chi connectivity index (χ1v) is 6.83.